The summed E-state index contributed by atoms with van der Waals surface area (Å²) >= 11 is 0. The van der Waals surface area contributed by atoms with Crippen LogP contribution in [0.3, 0.4) is 0 Å². The van der Waals surface area contributed by atoms with Crippen LogP contribution in [-0.2, 0) is 0 Å². The third-order valence-electron chi connectivity index (χ3n) is 12.9. The summed E-state index contributed by atoms with van der Waals surface area (Å²) in [5, 5.41) is 12.0. The third-order valence-corrected chi connectivity index (χ3v) is 12.9. The number of aromatic nitrogens is 1. The number of rotatable bonds is 6. The van der Waals surface area contributed by atoms with Gasteiger partial charge in [0.25, 0.3) is 0 Å². The molecule has 0 aliphatic heterocycles. The summed E-state index contributed by atoms with van der Waals surface area (Å²) < 4.78 is 9.01. The number of benzene rings is 11. The Morgan fingerprint density at radius 2 is 0.968 bits per heavy atom. The lowest BCUT2D eigenvalue weighted by atomic mass is 9.92. The Balaban J connectivity index is 0.990. The molecule has 3 nitrogen and oxygen atoms in total. The Morgan fingerprint density at radius 3 is 1.76 bits per heavy atom. The normalized spacial score (nSPS) is 11.8. The maximum atomic E-state index is 6.62. The molecule has 0 radical (unpaired) electrons. The van der Waals surface area contributed by atoms with Crippen molar-refractivity contribution in [1.29, 1.82) is 0 Å². The van der Waals surface area contributed by atoms with Crippen LogP contribution in [-0.4, -0.2) is 4.57 Å². The molecule has 294 valence electrons. The molecule has 0 amide bonds. The van der Waals surface area contributed by atoms with Crippen LogP contribution in [0.25, 0.3) is 104 Å². The van der Waals surface area contributed by atoms with E-state index in [1.54, 1.807) is 0 Å². The van der Waals surface area contributed by atoms with Gasteiger partial charge >= 0.3 is 0 Å². The van der Waals surface area contributed by atoms with Crippen molar-refractivity contribution in [1.82, 2.24) is 4.57 Å². The van der Waals surface area contributed by atoms with E-state index in [0.717, 1.165) is 66.8 Å². The quantitative estimate of drug-likeness (QED) is 0.156. The maximum absolute atomic E-state index is 6.62. The standard InChI is InChI=1S/C60H38N2O/c1-4-19-47-40(14-1)30-34-53-55-38-45(33-35-59(55)63-60(47)53)61(56-25-10-9-24-52(56)54-37-42-15-2-3-18-46(42)48-20-5-6-21-49(48)54)43-31-28-39(29-32-43)41-16-13-17-44(36-41)62-57-26-11-7-22-50(57)51-23-8-12-27-58(51)62/h1-38H. The van der Waals surface area contributed by atoms with Crippen LogP contribution in [0.15, 0.2) is 235 Å². The molecular weight excluding hydrogens is 765 g/mol. The molecule has 0 saturated heterocycles. The lowest BCUT2D eigenvalue weighted by Gasteiger charge is -2.28. The van der Waals surface area contributed by atoms with Gasteiger partial charge in [-0.1, -0.05) is 158 Å². The van der Waals surface area contributed by atoms with E-state index in [9.17, 15) is 0 Å². The molecular formula is C60H38N2O. The molecule has 0 N–H and O–H groups in total. The zero-order valence-electron chi connectivity index (χ0n) is 34.2. The highest BCUT2D eigenvalue weighted by Crippen LogP contribution is 2.46. The zero-order valence-corrected chi connectivity index (χ0v) is 34.2. The molecule has 0 aliphatic carbocycles. The Morgan fingerprint density at radius 1 is 0.333 bits per heavy atom. The second-order valence-corrected chi connectivity index (χ2v) is 16.5. The van der Waals surface area contributed by atoms with Gasteiger partial charge < -0.3 is 13.9 Å². The molecule has 0 bridgehead atoms. The van der Waals surface area contributed by atoms with Crippen molar-refractivity contribution in [3.63, 3.8) is 0 Å². The summed E-state index contributed by atoms with van der Waals surface area (Å²) in [5.74, 6) is 0. The molecule has 0 fully saturated rings. The smallest absolute Gasteiger partial charge is 0.143 e. The molecule has 63 heavy (non-hydrogen) atoms. The highest BCUT2D eigenvalue weighted by atomic mass is 16.3. The van der Waals surface area contributed by atoms with Gasteiger partial charge in [0, 0.05) is 49.6 Å². The maximum Gasteiger partial charge on any atom is 0.143 e. The van der Waals surface area contributed by atoms with Gasteiger partial charge in [-0.05, 0) is 116 Å². The van der Waals surface area contributed by atoms with Gasteiger partial charge in [-0.3, -0.25) is 0 Å². The summed E-state index contributed by atoms with van der Waals surface area (Å²) in [6.45, 7) is 0. The van der Waals surface area contributed by atoms with Gasteiger partial charge in [-0.25, -0.2) is 0 Å². The predicted octanol–water partition coefficient (Wildman–Crippen LogP) is 16.9. The molecule has 3 heteroatoms. The third kappa shape index (κ3) is 5.60. The van der Waals surface area contributed by atoms with Gasteiger partial charge in [0.1, 0.15) is 11.2 Å². The Hall–Kier alpha value is -8.40. The molecule has 0 atom stereocenters. The number of nitrogens with zero attached hydrogens (tertiary/aromatic N) is 2. The molecule has 11 aromatic carbocycles. The van der Waals surface area contributed by atoms with E-state index in [1.165, 1.54) is 54.3 Å². The monoisotopic (exact) mass is 802 g/mol. The fourth-order valence-electron chi connectivity index (χ4n) is 10.1. The van der Waals surface area contributed by atoms with Crippen LogP contribution in [0.5, 0.6) is 0 Å². The van der Waals surface area contributed by atoms with E-state index in [1.807, 2.05) is 0 Å². The summed E-state index contributed by atoms with van der Waals surface area (Å²) in [7, 11) is 0. The number of hydrogen-bond acceptors (Lipinski definition) is 2. The Labute approximate surface area is 363 Å². The van der Waals surface area contributed by atoms with Crippen molar-refractivity contribution in [3.8, 4) is 27.9 Å². The summed E-state index contributed by atoms with van der Waals surface area (Å²) in [5.41, 5.74) is 13.2. The number of para-hydroxylation sites is 3. The van der Waals surface area contributed by atoms with E-state index in [4.69, 9.17) is 4.42 Å². The van der Waals surface area contributed by atoms with Gasteiger partial charge in [-0.15, -0.1) is 0 Å². The van der Waals surface area contributed by atoms with Crippen molar-refractivity contribution in [2.24, 2.45) is 0 Å². The molecule has 13 aromatic rings. The first-order valence-electron chi connectivity index (χ1n) is 21.6. The largest absolute Gasteiger partial charge is 0.455 e. The van der Waals surface area contributed by atoms with E-state index in [2.05, 4.69) is 240 Å². The fourth-order valence-corrected chi connectivity index (χ4v) is 10.1. The summed E-state index contributed by atoms with van der Waals surface area (Å²) in [6, 6.07) is 83.6. The molecule has 0 saturated carbocycles. The highest BCUT2D eigenvalue weighted by Gasteiger charge is 2.21. The lowest BCUT2D eigenvalue weighted by molar-refractivity contribution is 0.672. The van der Waals surface area contributed by atoms with Crippen molar-refractivity contribution in [3.05, 3.63) is 231 Å². The second-order valence-electron chi connectivity index (χ2n) is 16.5. The molecule has 13 rings (SSSR count). The minimum absolute atomic E-state index is 0.873. The van der Waals surface area contributed by atoms with E-state index in [-0.39, 0.29) is 0 Å². The van der Waals surface area contributed by atoms with Crippen LogP contribution >= 0.6 is 0 Å². The minimum atomic E-state index is 0.873. The Kier molecular flexibility index (Phi) is 7.91. The van der Waals surface area contributed by atoms with Crippen molar-refractivity contribution < 1.29 is 4.42 Å². The van der Waals surface area contributed by atoms with Gasteiger partial charge in [-0.2, -0.15) is 0 Å². The topological polar surface area (TPSA) is 21.3 Å². The van der Waals surface area contributed by atoms with Crippen LogP contribution in [0.4, 0.5) is 17.1 Å². The van der Waals surface area contributed by atoms with Gasteiger partial charge in [0.05, 0.1) is 16.7 Å². The number of hydrogen-bond donors (Lipinski definition) is 0. The molecule has 0 aliphatic rings. The number of fused-ring (bicyclic) bond motifs is 11. The molecule has 2 aromatic heterocycles. The SMILES string of the molecule is c1cc(-c2ccc(N(c3ccc4oc5c6ccccc6ccc5c4c3)c3ccccc3-c3cc4ccccc4c4ccccc34)cc2)cc(-n2c3ccccc3c3ccccc32)c1. The van der Waals surface area contributed by atoms with Crippen molar-refractivity contribution in [2.75, 3.05) is 4.90 Å². The molecule has 0 spiro atoms. The molecule has 0 unspecified atom stereocenters. The van der Waals surface area contributed by atoms with Crippen LogP contribution in [0, 0.1) is 0 Å². The van der Waals surface area contributed by atoms with Gasteiger partial charge in [0.15, 0.2) is 0 Å². The fraction of sp³-hybridized carbons (Fsp3) is 0. The van der Waals surface area contributed by atoms with Crippen LogP contribution in [0.1, 0.15) is 0 Å². The number of furan rings is 1. The van der Waals surface area contributed by atoms with Crippen molar-refractivity contribution in [2.45, 2.75) is 0 Å². The average molecular weight is 803 g/mol. The first-order valence-corrected chi connectivity index (χ1v) is 21.6. The predicted molar refractivity (Wildman–Crippen MR) is 266 cm³/mol. The van der Waals surface area contributed by atoms with E-state index in [0.29, 0.717) is 0 Å². The minimum Gasteiger partial charge on any atom is -0.455 e. The average Bonchev–Trinajstić information content (AvgIpc) is 3.90. The van der Waals surface area contributed by atoms with E-state index < -0.39 is 0 Å². The van der Waals surface area contributed by atoms with Crippen LogP contribution < -0.4 is 4.90 Å². The summed E-state index contributed by atoms with van der Waals surface area (Å²) in [6.07, 6.45) is 0. The first kappa shape index (κ1) is 35.4. The lowest BCUT2D eigenvalue weighted by Crippen LogP contribution is -2.11. The number of anilines is 3. The Bertz CT molecular complexity index is 3870. The van der Waals surface area contributed by atoms with Gasteiger partial charge in [0.2, 0.25) is 0 Å². The van der Waals surface area contributed by atoms with Crippen molar-refractivity contribution >= 4 is 93.1 Å². The van der Waals surface area contributed by atoms with Crippen LogP contribution in [0.2, 0.25) is 0 Å². The molecule has 2 heterocycles. The highest BCUT2D eigenvalue weighted by molar-refractivity contribution is 6.17. The zero-order chi connectivity index (χ0) is 41.4. The first-order chi connectivity index (χ1) is 31.2. The second kappa shape index (κ2) is 14.1. The van der Waals surface area contributed by atoms with E-state index >= 15 is 0 Å². The summed E-state index contributed by atoms with van der Waals surface area (Å²) in [4.78, 5) is 2.41.